The van der Waals surface area contributed by atoms with Gasteiger partial charge in [-0.25, -0.2) is 4.98 Å². The summed E-state index contributed by atoms with van der Waals surface area (Å²) in [4.78, 5) is 21.2. The van der Waals surface area contributed by atoms with Gasteiger partial charge in [-0.1, -0.05) is 60.5 Å². The molecule has 2 aromatic carbocycles. The second kappa shape index (κ2) is 12.9. The highest BCUT2D eigenvalue weighted by Crippen LogP contribution is 2.51. The number of carbonyl (C=O) groups excluding carboxylic acids is 1. The molecule has 2 saturated heterocycles. The molecule has 2 unspecified atom stereocenters. The number of nitrogens with zero attached hydrogens (tertiary/aromatic N) is 2. The van der Waals surface area contributed by atoms with Gasteiger partial charge in [-0.15, -0.1) is 0 Å². The minimum Gasteiger partial charge on any atom is -0.481 e. The fraction of sp³-hybridized carbons (Fsp3) is 0.419. The van der Waals surface area contributed by atoms with Crippen LogP contribution in [0.15, 0.2) is 66.7 Å². The van der Waals surface area contributed by atoms with Crippen molar-refractivity contribution < 1.29 is 18.6 Å². The van der Waals surface area contributed by atoms with Crippen LogP contribution in [0.1, 0.15) is 55.0 Å². The monoisotopic (exact) mass is 617 g/mol. The van der Waals surface area contributed by atoms with Gasteiger partial charge in [0.25, 0.3) is 0 Å². The number of piperidine rings is 1. The Hall–Kier alpha value is -2.33. The molecular weight excluding hydrogens is 581 g/mol. The van der Waals surface area contributed by atoms with E-state index in [0.717, 1.165) is 16.8 Å². The van der Waals surface area contributed by atoms with Crippen molar-refractivity contribution in [1.82, 2.24) is 15.2 Å². The van der Waals surface area contributed by atoms with Crippen LogP contribution in [-0.2, 0) is 11.2 Å². The number of hydrogen-bond acceptors (Lipinski definition) is 6. The van der Waals surface area contributed by atoms with Gasteiger partial charge in [0, 0.05) is 59.1 Å². The van der Waals surface area contributed by atoms with Gasteiger partial charge in [0.05, 0.1) is 24.3 Å². The standard InChI is InChI=1S/C31H37Cl2N3O4S/c1-3-26(19-29-34-14-15-41(29,38)39)36-30(20-10-12-23(32)13-11-20)27(21-6-4-7-24(33)16-21)18-22(31(36)37)17-25-8-5-9-28(35-25)40-2/h4-13,16,22,26-27,29-30,34,38-39H,3,14-15,17-19H2,1-2H3/t22-,26?,27+,29?,30+/m0/s1. The Kier molecular flexibility index (Phi) is 9.48. The van der Waals surface area contributed by atoms with E-state index in [1.165, 1.54) is 0 Å². The number of methoxy groups -OCH3 is 1. The van der Waals surface area contributed by atoms with E-state index >= 15 is 0 Å². The summed E-state index contributed by atoms with van der Waals surface area (Å²) in [5, 5.41) is 4.09. The summed E-state index contributed by atoms with van der Waals surface area (Å²) in [6.45, 7) is 2.60. The molecular formula is C31H37Cl2N3O4S. The molecule has 0 bridgehead atoms. The number of halogens is 2. The number of ether oxygens (including phenoxy) is 1. The quantitative estimate of drug-likeness (QED) is 0.236. The third-order valence-corrected chi connectivity index (χ3v) is 10.9. The van der Waals surface area contributed by atoms with Crippen molar-refractivity contribution in [3.8, 4) is 5.88 Å². The van der Waals surface area contributed by atoms with Crippen LogP contribution in [-0.4, -0.2) is 55.7 Å². The van der Waals surface area contributed by atoms with Gasteiger partial charge in [-0.3, -0.25) is 19.2 Å². The van der Waals surface area contributed by atoms with Crippen LogP contribution >= 0.6 is 33.8 Å². The highest BCUT2D eigenvalue weighted by molar-refractivity contribution is 8.25. The molecule has 5 rings (SSSR count). The van der Waals surface area contributed by atoms with Gasteiger partial charge in [0.2, 0.25) is 11.8 Å². The third-order valence-electron chi connectivity index (χ3n) is 8.34. The summed E-state index contributed by atoms with van der Waals surface area (Å²) in [6.07, 6.45) is 2.18. The van der Waals surface area contributed by atoms with E-state index in [4.69, 9.17) is 27.9 Å². The molecule has 2 fully saturated rings. The molecule has 0 radical (unpaired) electrons. The van der Waals surface area contributed by atoms with Crippen molar-refractivity contribution in [3.05, 3.63) is 93.6 Å². The number of amides is 1. The van der Waals surface area contributed by atoms with E-state index < -0.39 is 16.0 Å². The molecule has 41 heavy (non-hydrogen) atoms. The van der Waals surface area contributed by atoms with Crippen LogP contribution in [0.25, 0.3) is 0 Å². The third kappa shape index (κ3) is 6.69. The van der Waals surface area contributed by atoms with Crippen LogP contribution in [0.5, 0.6) is 5.88 Å². The molecule has 220 valence electrons. The fourth-order valence-electron chi connectivity index (χ4n) is 6.31. The Balaban J connectivity index is 1.60. The number of rotatable bonds is 9. The molecule has 1 aromatic heterocycles. The SMILES string of the molecule is CCC(CC1NCCS1(O)O)N1C(=O)[C@@H](Cc2cccc(OC)n2)C[C@H](c2cccc(Cl)c2)[C@H]1c1ccc(Cl)cc1. The van der Waals surface area contributed by atoms with Crippen LogP contribution in [0.3, 0.4) is 0 Å². The maximum Gasteiger partial charge on any atom is 0.226 e. The maximum absolute atomic E-state index is 14.6. The highest BCUT2D eigenvalue weighted by Gasteiger charge is 2.47. The fourth-order valence-corrected chi connectivity index (χ4v) is 8.25. The number of hydrogen-bond donors (Lipinski definition) is 3. The van der Waals surface area contributed by atoms with Gasteiger partial charge < -0.3 is 9.64 Å². The van der Waals surface area contributed by atoms with Crippen molar-refractivity contribution in [3.63, 3.8) is 0 Å². The molecule has 3 N–H and O–H groups in total. The summed E-state index contributed by atoms with van der Waals surface area (Å²) in [6, 6.07) is 20.7. The normalized spacial score (nSPS) is 25.6. The van der Waals surface area contributed by atoms with E-state index in [1.807, 2.05) is 59.5 Å². The second-order valence-electron chi connectivity index (χ2n) is 10.9. The Morgan fingerprint density at radius 3 is 2.49 bits per heavy atom. The molecule has 0 saturated carbocycles. The number of pyridine rings is 1. The first-order valence-corrected chi connectivity index (χ1v) is 16.5. The summed E-state index contributed by atoms with van der Waals surface area (Å²) in [7, 11) is -1.20. The van der Waals surface area contributed by atoms with E-state index in [0.29, 0.717) is 53.9 Å². The number of carbonyl (C=O) groups is 1. The molecule has 2 aliphatic heterocycles. The van der Waals surface area contributed by atoms with Crippen LogP contribution in [0, 0.1) is 5.92 Å². The Morgan fingerprint density at radius 1 is 1.07 bits per heavy atom. The van der Waals surface area contributed by atoms with Gasteiger partial charge >= 0.3 is 0 Å². The smallest absolute Gasteiger partial charge is 0.226 e. The van der Waals surface area contributed by atoms with E-state index in [-0.39, 0.29) is 29.8 Å². The Morgan fingerprint density at radius 2 is 1.83 bits per heavy atom. The summed E-state index contributed by atoms with van der Waals surface area (Å²) < 4.78 is 26.9. The molecule has 10 heteroatoms. The Bertz CT molecular complexity index is 1360. The second-order valence-corrected chi connectivity index (χ2v) is 14.2. The zero-order chi connectivity index (χ0) is 29.1. The predicted molar refractivity (Wildman–Crippen MR) is 166 cm³/mol. The lowest BCUT2D eigenvalue weighted by Crippen LogP contribution is -2.53. The first-order valence-electron chi connectivity index (χ1n) is 14.0. The van der Waals surface area contributed by atoms with Gasteiger partial charge in [-0.2, -0.15) is 10.6 Å². The lowest BCUT2D eigenvalue weighted by Gasteiger charge is -2.49. The molecule has 5 atom stereocenters. The summed E-state index contributed by atoms with van der Waals surface area (Å²) in [5.74, 6) is 0.478. The topological polar surface area (TPSA) is 94.9 Å². The summed E-state index contributed by atoms with van der Waals surface area (Å²) >= 11 is 12.8. The number of aromatic nitrogens is 1. The average Bonchev–Trinajstić information content (AvgIpc) is 3.30. The maximum atomic E-state index is 14.6. The van der Waals surface area contributed by atoms with Crippen LogP contribution in [0.4, 0.5) is 0 Å². The van der Waals surface area contributed by atoms with E-state index in [2.05, 4.69) is 23.3 Å². The van der Waals surface area contributed by atoms with E-state index in [9.17, 15) is 13.9 Å². The molecule has 1 amide bonds. The largest absolute Gasteiger partial charge is 0.481 e. The van der Waals surface area contributed by atoms with Gasteiger partial charge in [0.15, 0.2) is 0 Å². The summed E-state index contributed by atoms with van der Waals surface area (Å²) in [5.41, 5.74) is 2.82. The molecule has 3 aromatic rings. The predicted octanol–water partition coefficient (Wildman–Crippen LogP) is 7.16. The first kappa shape index (κ1) is 30.1. The zero-order valence-corrected chi connectivity index (χ0v) is 25.6. The zero-order valence-electron chi connectivity index (χ0n) is 23.2. The Labute approximate surface area is 253 Å². The highest BCUT2D eigenvalue weighted by atomic mass is 35.5. The first-order chi connectivity index (χ1) is 19.7. The average molecular weight is 619 g/mol. The minimum absolute atomic E-state index is 0.0363. The van der Waals surface area contributed by atoms with Gasteiger partial charge in [0.1, 0.15) is 0 Å². The van der Waals surface area contributed by atoms with E-state index in [1.54, 1.807) is 13.2 Å². The van der Waals surface area contributed by atoms with Crippen molar-refractivity contribution in [2.75, 3.05) is 19.4 Å². The number of nitrogens with one attached hydrogen (secondary N) is 1. The molecule has 0 spiro atoms. The molecule has 7 nitrogen and oxygen atoms in total. The minimum atomic E-state index is -2.79. The number of benzene rings is 2. The van der Waals surface area contributed by atoms with Crippen molar-refractivity contribution in [2.45, 2.75) is 56.0 Å². The molecule has 0 aliphatic carbocycles. The van der Waals surface area contributed by atoms with Crippen molar-refractivity contribution >= 4 is 39.7 Å². The lowest BCUT2D eigenvalue weighted by atomic mass is 9.73. The van der Waals surface area contributed by atoms with Crippen molar-refractivity contribution in [1.29, 1.82) is 0 Å². The van der Waals surface area contributed by atoms with Crippen LogP contribution < -0.4 is 10.1 Å². The van der Waals surface area contributed by atoms with Gasteiger partial charge in [-0.05, 0) is 54.3 Å². The van der Waals surface area contributed by atoms with Crippen molar-refractivity contribution in [2.24, 2.45) is 5.92 Å². The van der Waals surface area contributed by atoms with Crippen LogP contribution in [0.2, 0.25) is 10.0 Å². The molecule has 3 heterocycles. The lowest BCUT2D eigenvalue weighted by molar-refractivity contribution is -0.147. The number of likely N-dealkylation sites (tertiary alicyclic amines) is 1. The molecule has 2 aliphatic rings.